The molecular formula is C33H33NO4. The summed E-state index contributed by atoms with van der Waals surface area (Å²) in [6, 6.07) is 37.8. The summed E-state index contributed by atoms with van der Waals surface area (Å²) in [6.07, 6.45) is 2.20. The van der Waals surface area contributed by atoms with E-state index in [-0.39, 0.29) is 18.4 Å². The van der Waals surface area contributed by atoms with Crippen molar-refractivity contribution in [1.29, 1.82) is 0 Å². The van der Waals surface area contributed by atoms with Crippen molar-refractivity contribution in [3.63, 3.8) is 0 Å². The first kappa shape index (κ1) is 26.7. The molecule has 194 valence electrons. The number of carbonyl (C=O) groups is 2. The molecule has 0 bridgehead atoms. The summed E-state index contributed by atoms with van der Waals surface area (Å²) in [5, 5.41) is 8.98. The maximum Gasteiger partial charge on any atom is 0.341 e. The zero-order valence-electron chi connectivity index (χ0n) is 21.4. The Bertz CT molecular complexity index is 1250. The lowest BCUT2D eigenvalue weighted by Gasteiger charge is -2.26. The Morgan fingerprint density at radius 1 is 0.711 bits per heavy atom. The van der Waals surface area contributed by atoms with Gasteiger partial charge in [-0.2, -0.15) is 0 Å². The molecule has 0 aliphatic heterocycles. The van der Waals surface area contributed by atoms with E-state index in [0.717, 1.165) is 18.4 Å². The molecule has 0 saturated carbocycles. The molecule has 38 heavy (non-hydrogen) atoms. The average Bonchev–Trinajstić information content (AvgIpc) is 2.97. The molecule has 0 fully saturated rings. The number of carboxylic acid groups (broad SMARTS) is 1. The molecule has 5 heteroatoms. The maximum absolute atomic E-state index is 13.6. The lowest BCUT2D eigenvalue weighted by molar-refractivity contribution is -0.139. The molecule has 0 atom stereocenters. The van der Waals surface area contributed by atoms with E-state index in [1.165, 1.54) is 11.1 Å². The molecule has 0 aliphatic rings. The number of amides is 1. The van der Waals surface area contributed by atoms with Gasteiger partial charge < -0.3 is 14.7 Å². The summed E-state index contributed by atoms with van der Waals surface area (Å²) < 4.78 is 5.47. The van der Waals surface area contributed by atoms with Gasteiger partial charge in [0.1, 0.15) is 5.75 Å². The van der Waals surface area contributed by atoms with Gasteiger partial charge in [0, 0.05) is 24.6 Å². The van der Waals surface area contributed by atoms with Crippen LogP contribution in [-0.2, 0) is 11.2 Å². The first-order valence-corrected chi connectivity index (χ1v) is 13.0. The highest BCUT2D eigenvalue weighted by atomic mass is 16.5. The van der Waals surface area contributed by atoms with E-state index in [4.69, 9.17) is 9.84 Å². The molecule has 0 unspecified atom stereocenters. The Morgan fingerprint density at radius 2 is 1.26 bits per heavy atom. The summed E-state index contributed by atoms with van der Waals surface area (Å²) in [4.78, 5) is 26.5. The summed E-state index contributed by atoms with van der Waals surface area (Å²) >= 11 is 0. The highest BCUT2D eigenvalue weighted by Gasteiger charge is 2.20. The summed E-state index contributed by atoms with van der Waals surface area (Å²) in [6.45, 7) is 0.812. The molecule has 0 aromatic heterocycles. The zero-order chi connectivity index (χ0) is 26.6. The van der Waals surface area contributed by atoms with E-state index in [9.17, 15) is 9.59 Å². The van der Waals surface area contributed by atoms with E-state index >= 15 is 0 Å². The van der Waals surface area contributed by atoms with E-state index in [1.54, 1.807) is 6.07 Å². The third-order valence-electron chi connectivity index (χ3n) is 6.60. The molecule has 0 heterocycles. The molecular weight excluding hydrogens is 474 g/mol. The van der Waals surface area contributed by atoms with Crippen molar-refractivity contribution in [2.45, 2.75) is 25.2 Å². The summed E-state index contributed by atoms with van der Waals surface area (Å²) in [7, 11) is 0. The van der Waals surface area contributed by atoms with E-state index in [2.05, 4.69) is 48.5 Å². The highest BCUT2D eigenvalue weighted by molar-refractivity contribution is 5.94. The fraction of sp³-hybridized carbons (Fsp3) is 0.212. The molecule has 5 nitrogen and oxygen atoms in total. The second-order valence-electron chi connectivity index (χ2n) is 9.21. The summed E-state index contributed by atoms with van der Waals surface area (Å²) in [5.41, 5.74) is 4.08. The number of hydrogen-bond donors (Lipinski definition) is 1. The van der Waals surface area contributed by atoms with Crippen LogP contribution in [0.2, 0.25) is 0 Å². The molecule has 1 amide bonds. The normalized spacial score (nSPS) is 10.8. The van der Waals surface area contributed by atoms with Crippen LogP contribution in [0.5, 0.6) is 5.75 Å². The molecule has 4 aromatic rings. The molecule has 4 aromatic carbocycles. The molecule has 0 aliphatic carbocycles. The Labute approximate surface area is 224 Å². The Balaban J connectivity index is 1.49. The van der Waals surface area contributed by atoms with Crippen molar-refractivity contribution >= 4 is 11.9 Å². The van der Waals surface area contributed by atoms with E-state index < -0.39 is 5.97 Å². The van der Waals surface area contributed by atoms with Crippen LogP contribution in [-0.4, -0.2) is 41.6 Å². The van der Waals surface area contributed by atoms with Gasteiger partial charge in [0.05, 0.1) is 0 Å². The third kappa shape index (κ3) is 7.56. The predicted octanol–water partition coefficient (Wildman–Crippen LogP) is 6.45. The monoisotopic (exact) mass is 507 g/mol. The van der Waals surface area contributed by atoms with Crippen LogP contribution >= 0.6 is 0 Å². The van der Waals surface area contributed by atoms with Gasteiger partial charge in [-0.3, -0.25) is 4.79 Å². The average molecular weight is 508 g/mol. The number of aliphatic carboxylic acids is 1. The standard InChI is InChI=1S/C33H33NO4/c35-32(36)25-38-31-21-11-10-17-28(31)20-12-23-34(33(37)29-18-8-3-9-19-29)24-22-30(26-13-4-1-5-14-26)27-15-6-2-7-16-27/h1-11,13-19,21,30H,12,20,22-25H2,(H,35,36). The lowest BCUT2D eigenvalue weighted by Crippen LogP contribution is -2.34. The lowest BCUT2D eigenvalue weighted by atomic mass is 9.88. The molecule has 0 radical (unpaired) electrons. The maximum atomic E-state index is 13.6. The van der Waals surface area contributed by atoms with Crippen LogP contribution in [0.25, 0.3) is 0 Å². The van der Waals surface area contributed by atoms with Crippen molar-refractivity contribution in [3.8, 4) is 5.75 Å². The number of benzene rings is 4. The van der Waals surface area contributed by atoms with Crippen LogP contribution in [0.1, 0.15) is 45.8 Å². The smallest absolute Gasteiger partial charge is 0.341 e. The van der Waals surface area contributed by atoms with Crippen molar-refractivity contribution in [1.82, 2.24) is 4.90 Å². The quantitative estimate of drug-likeness (QED) is 0.226. The second-order valence-corrected chi connectivity index (χ2v) is 9.21. The number of aryl methyl sites for hydroxylation is 1. The zero-order valence-corrected chi connectivity index (χ0v) is 21.4. The van der Waals surface area contributed by atoms with Crippen molar-refractivity contribution in [3.05, 3.63) is 138 Å². The SMILES string of the molecule is O=C(O)COc1ccccc1CCCN(CCC(c1ccccc1)c1ccccc1)C(=O)c1ccccc1. The molecule has 0 saturated heterocycles. The van der Waals surface area contributed by atoms with Crippen molar-refractivity contribution in [2.24, 2.45) is 0 Å². The minimum absolute atomic E-state index is 0.0147. The van der Waals surface area contributed by atoms with E-state index in [1.807, 2.05) is 65.6 Å². The van der Waals surface area contributed by atoms with Crippen LogP contribution in [0.15, 0.2) is 115 Å². The van der Waals surface area contributed by atoms with Gasteiger partial charge in [-0.25, -0.2) is 4.79 Å². The van der Waals surface area contributed by atoms with Crippen LogP contribution in [0, 0.1) is 0 Å². The van der Waals surface area contributed by atoms with Gasteiger partial charge in [0.2, 0.25) is 0 Å². The molecule has 1 N–H and O–H groups in total. The predicted molar refractivity (Wildman–Crippen MR) is 150 cm³/mol. The minimum Gasteiger partial charge on any atom is -0.482 e. The Morgan fingerprint density at radius 3 is 1.87 bits per heavy atom. The number of rotatable bonds is 13. The Kier molecular flexibility index (Phi) is 9.69. The number of nitrogens with zero attached hydrogens (tertiary/aromatic N) is 1. The van der Waals surface area contributed by atoms with Gasteiger partial charge in [-0.15, -0.1) is 0 Å². The first-order valence-electron chi connectivity index (χ1n) is 13.0. The highest BCUT2D eigenvalue weighted by Crippen LogP contribution is 2.28. The minimum atomic E-state index is -1.01. The van der Waals surface area contributed by atoms with Gasteiger partial charge in [0.25, 0.3) is 5.91 Å². The van der Waals surface area contributed by atoms with Crippen LogP contribution < -0.4 is 4.74 Å². The second kappa shape index (κ2) is 13.8. The van der Waals surface area contributed by atoms with Gasteiger partial charge in [0.15, 0.2) is 6.61 Å². The number of hydrogen-bond acceptors (Lipinski definition) is 3. The fourth-order valence-electron chi connectivity index (χ4n) is 4.71. The largest absolute Gasteiger partial charge is 0.482 e. The number of para-hydroxylation sites is 1. The van der Waals surface area contributed by atoms with Crippen LogP contribution in [0.4, 0.5) is 0 Å². The summed E-state index contributed by atoms with van der Waals surface area (Å²) in [5.74, 6) is -0.246. The first-order chi connectivity index (χ1) is 18.6. The molecule has 4 rings (SSSR count). The van der Waals surface area contributed by atoms with Gasteiger partial charge >= 0.3 is 5.97 Å². The Hall–Kier alpha value is -4.38. The van der Waals surface area contributed by atoms with Crippen molar-refractivity contribution < 1.29 is 19.4 Å². The topological polar surface area (TPSA) is 66.8 Å². The number of carboxylic acids is 1. The van der Waals surface area contributed by atoms with Gasteiger partial charge in [-0.1, -0.05) is 97.1 Å². The van der Waals surface area contributed by atoms with Crippen LogP contribution in [0.3, 0.4) is 0 Å². The van der Waals surface area contributed by atoms with Gasteiger partial charge in [-0.05, 0) is 54.2 Å². The van der Waals surface area contributed by atoms with Crippen molar-refractivity contribution in [2.75, 3.05) is 19.7 Å². The number of carbonyl (C=O) groups excluding carboxylic acids is 1. The molecule has 0 spiro atoms. The number of ether oxygens (including phenoxy) is 1. The van der Waals surface area contributed by atoms with E-state index in [0.29, 0.717) is 30.8 Å². The fourth-order valence-corrected chi connectivity index (χ4v) is 4.71. The third-order valence-corrected chi connectivity index (χ3v) is 6.60.